The minimum absolute atomic E-state index is 0.245. The minimum Gasteiger partial charge on any atom is -0.493 e. The Balaban J connectivity index is 1.88. The SMILES string of the molecule is CSc1ccc(C(Br)c2ccc3c(c2)CCO3)cc1. The number of thioether (sulfide) groups is 1. The summed E-state index contributed by atoms with van der Waals surface area (Å²) >= 11 is 5.57. The van der Waals surface area contributed by atoms with Crippen molar-refractivity contribution in [2.75, 3.05) is 12.9 Å². The molecule has 0 aromatic heterocycles. The molecular weight excluding hydrogens is 320 g/mol. The van der Waals surface area contributed by atoms with Gasteiger partial charge in [0.25, 0.3) is 0 Å². The number of hydrogen-bond acceptors (Lipinski definition) is 2. The van der Waals surface area contributed by atoms with Crippen LogP contribution in [0.2, 0.25) is 0 Å². The third-order valence-corrected chi connectivity index (χ3v) is 5.22. The Morgan fingerprint density at radius 1 is 1.11 bits per heavy atom. The van der Waals surface area contributed by atoms with Gasteiger partial charge in [-0.1, -0.05) is 40.2 Å². The van der Waals surface area contributed by atoms with Gasteiger partial charge < -0.3 is 4.74 Å². The molecular formula is C16H15BrOS. The topological polar surface area (TPSA) is 9.23 Å². The lowest BCUT2D eigenvalue weighted by molar-refractivity contribution is 0.357. The van der Waals surface area contributed by atoms with Crippen LogP contribution in [-0.4, -0.2) is 12.9 Å². The van der Waals surface area contributed by atoms with Crippen molar-refractivity contribution in [1.29, 1.82) is 0 Å². The normalized spacial score (nSPS) is 14.8. The largest absolute Gasteiger partial charge is 0.493 e. The fourth-order valence-corrected chi connectivity index (χ4v) is 3.33. The summed E-state index contributed by atoms with van der Waals surface area (Å²) < 4.78 is 5.55. The smallest absolute Gasteiger partial charge is 0.122 e. The Morgan fingerprint density at radius 2 is 1.84 bits per heavy atom. The summed E-state index contributed by atoms with van der Waals surface area (Å²) in [6.07, 6.45) is 3.12. The van der Waals surface area contributed by atoms with Crippen molar-refractivity contribution in [3.63, 3.8) is 0 Å². The van der Waals surface area contributed by atoms with Gasteiger partial charge >= 0.3 is 0 Å². The molecule has 1 unspecified atom stereocenters. The van der Waals surface area contributed by atoms with Crippen LogP contribution >= 0.6 is 27.7 Å². The van der Waals surface area contributed by atoms with Gasteiger partial charge in [0.1, 0.15) is 5.75 Å². The third-order valence-electron chi connectivity index (χ3n) is 3.41. The van der Waals surface area contributed by atoms with Crippen molar-refractivity contribution in [3.8, 4) is 5.75 Å². The second kappa shape index (κ2) is 5.59. The highest BCUT2D eigenvalue weighted by Crippen LogP contribution is 2.35. The van der Waals surface area contributed by atoms with E-state index in [0.29, 0.717) is 0 Å². The molecule has 3 heteroatoms. The molecule has 2 aromatic carbocycles. The number of fused-ring (bicyclic) bond motifs is 1. The molecule has 0 radical (unpaired) electrons. The summed E-state index contributed by atoms with van der Waals surface area (Å²) in [5.74, 6) is 1.04. The highest BCUT2D eigenvalue weighted by atomic mass is 79.9. The number of halogens is 1. The first-order chi connectivity index (χ1) is 9.28. The van der Waals surface area contributed by atoms with Crippen LogP contribution in [0, 0.1) is 0 Å². The lowest BCUT2D eigenvalue weighted by Crippen LogP contribution is -1.93. The van der Waals surface area contributed by atoms with Crippen LogP contribution in [0.4, 0.5) is 0 Å². The first-order valence-corrected chi connectivity index (χ1v) is 8.45. The van der Waals surface area contributed by atoms with Gasteiger partial charge in [-0.15, -0.1) is 11.8 Å². The van der Waals surface area contributed by atoms with Crippen molar-refractivity contribution in [3.05, 3.63) is 59.2 Å². The molecule has 0 bridgehead atoms. The number of alkyl halides is 1. The van der Waals surface area contributed by atoms with Crippen molar-refractivity contribution >= 4 is 27.7 Å². The van der Waals surface area contributed by atoms with Crippen LogP contribution in [0.15, 0.2) is 47.4 Å². The summed E-state index contributed by atoms with van der Waals surface area (Å²) in [5.41, 5.74) is 3.90. The summed E-state index contributed by atoms with van der Waals surface area (Å²) in [4.78, 5) is 1.54. The van der Waals surface area contributed by atoms with Gasteiger partial charge in [-0.2, -0.15) is 0 Å². The van der Waals surface area contributed by atoms with Gasteiger partial charge in [-0.05, 0) is 41.1 Å². The maximum atomic E-state index is 5.55. The molecule has 0 aliphatic carbocycles. The van der Waals surface area contributed by atoms with Gasteiger partial charge in [-0.3, -0.25) is 0 Å². The number of benzene rings is 2. The van der Waals surface area contributed by atoms with Crippen molar-refractivity contribution in [1.82, 2.24) is 0 Å². The molecule has 1 aliphatic heterocycles. The summed E-state index contributed by atoms with van der Waals surface area (Å²) in [6, 6.07) is 15.2. The quantitative estimate of drug-likeness (QED) is 0.587. The molecule has 2 aromatic rings. The Kier molecular flexibility index (Phi) is 3.85. The Morgan fingerprint density at radius 3 is 2.58 bits per heavy atom. The molecule has 0 saturated heterocycles. The molecule has 1 aliphatic rings. The second-order valence-corrected chi connectivity index (χ2v) is 6.40. The first-order valence-electron chi connectivity index (χ1n) is 6.31. The molecule has 0 spiro atoms. The number of ether oxygens (including phenoxy) is 1. The van der Waals surface area contributed by atoms with Gasteiger partial charge in [0.05, 0.1) is 11.4 Å². The molecule has 3 rings (SSSR count). The van der Waals surface area contributed by atoms with Crippen molar-refractivity contribution in [2.24, 2.45) is 0 Å². The molecule has 0 saturated carbocycles. The summed E-state index contributed by atoms with van der Waals surface area (Å²) in [7, 11) is 0. The van der Waals surface area contributed by atoms with Crippen LogP contribution in [-0.2, 0) is 6.42 Å². The van der Waals surface area contributed by atoms with Crippen LogP contribution in [0.3, 0.4) is 0 Å². The van der Waals surface area contributed by atoms with E-state index in [4.69, 9.17) is 4.74 Å². The molecule has 19 heavy (non-hydrogen) atoms. The van der Waals surface area contributed by atoms with E-state index in [1.54, 1.807) is 11.8 Å². The lowest BCUT2D eigenvalue weighted by atomic mass is 10.0. The first kappa shape index (κ1) is 13.1. The number of rotatable bonds is 3. The molecule has 0 fully saturated rings. The Bertz CT molecular complexity index is 580. The van der Waals surface area contributed by atoms with E-state index in [1.165, 1.54) is 21.6 Å². The number of hydrogen-bond donors (Lipinski definition) is 0. The van der Waals surface area contributed by atoms with E-state index in [0.717, 1.165) is 18.8 Å². The van der Waals surface area contributed by atoms with Crippen LogP contribution in [0.25, 0.3) is 0 Å². The maximum absolute atomic E-state index is 5.55. The van der Waals surface area contributed by atoms with Gasteiger partial charge in [0.15, 0.2) is 0 Å². The standard InChI is InChI=1S/C16H15BrOS/c1-19-14-5-2-11(3-6-14)16(17)13-4-7-15-12(10-13)8-9-18-15/h2-7,10,16H,8-9H2,1H3. The highest BCUT2D eigenvalue weighted by molar-refractivity contribution is 9.09. The molecule has 98 valence electrons. The summed E-state index contributed by atoms with van der Waals surface area (Å²) in [6.45, 7) is 0.814. The van der Waals surface area contributed by atoms with Gasteiger partial charge in [0.2, 0.25) is 0 Å². The predicted molar refractivity (Wildman–Crippen MR) is 84.6 cm³/mol. The van der Waals surface area contributed by atoms with Gasteiger partial charge in [0, 0.05) is 11.3 Å². The average molecular weight is 335 g/mol. The van der Waals surface area contributed by atoms with Crippen molar-refractivity contribution < 1.29 is 4.74 Å². The molecule has 1 atom stereocenters. The molecule has 0 amide bonds. The Hall–Kier alpha value is -0.930. The van der Waals surface area contributed by atoms with Crippen LogP contribution in [0.5, 0.6) is 5.75 Å². The molecule has 1 heterocycles. The fraction of sp³-hybridized carbons (Fsp3) is 0.250. The van der Waals surface area contributed by atoms with Gasteiger partial charge in [-0.25, -0.2) is 0 Å². The monoisotopic (exact) mass is 334 g/mol. The summed E-state index contributed by atoms with van der Waals surface area (Å²) in [5, 5.41) is 0. The zero-order valence-corrected chi connectivity index (χ0v) is 13.1. The lowest BCUT2D eigenvalue weighted by Gasteiger charge is -2.12. The Labute approximate surface area is 126 Å². The van der Waals surface area contributed by atoms with Crippen LogP contribution in [0.1, 0.15) is 21.5 Å². The fourth-order valence-electron chi connectivity index (χ4n) is 2.33. The van der Waals surface area contributed by atoms with Crippen LogP contribution < -0.4 is 4.74 Å². The minimum atomic E-state index is 0.245. The van der Waals surface area contributed by atoms with E-state index < -0.39 is 0 Å². The predicted octanol–water partition coefficient (Wildman–Crippen LogP) is 4.83. The van der Waals surface area contributed by atoms with E-state index in [2.05, 4.69) is 64.7 Å². The molecule has 0 N–H and O–H groups in total. The average Bonchev–Trinajstić information content (AvgIpc) is 2.94. The van der Waals surface area contributed by atoms with E-state index in [9.17, 15) is 0 Å². The van der Waals surface area contributed by atoms with Crippen molar-refractivity contribution in [2.45, 2.75) is 16.1 Å². The maximum Gasteiger partial charge on any atom is 0.122 e. The van der Waals surface area contributed by atoms with E-state index in [-0.39, 0.29) is 4.83 Å². The zero-order valence-electron chi connectivity index (χ0n) is 10.7. The third kappa shape index (κ3) is 2.67. The zero-order chi connectivity index (χ0) is 13.2. The van der Waals surface area contributed by atoms with E-state index >= 15 is 0 Å². The van der Waals surface area contributed by atoms with E-state index in [1.807, 2.05) is 0 Å². The highest BCUT2D eigenvalue weighted by Gasteiger charge is 2.16. The molecule has 1 nitrogen and oxygen atoms in total. The second-order valence-electron chi connectivity index (χ2n) is 4.60.